The molecule has 0 atom stereocenters. The van der Waals surface area contributed by atoms with Crippen molar-refractivity contribution in [1.29, 1.82) is 0 Å². The zero-order valence-electron chi connectivity index (χ0n) is 12.8. The lowest BCUT2D eigenvalue weighted by molar-refractivity contribution is 0.0941. The Hall–Kier alpha value is -2.62. The second-order valence-corrected chi connectivity index (χ2v) is 5.28. The molecule has 1 N–H and O–H groups in total. The summed E-state index contributed by atoms with van der Waals surface area (Å²) in [6.45, 7) is 5.32. The minimum atomic E-state index is -0.0422. The lowest BCUT2D eigenvalue weighted by Gasteiger charge is -2.10. The van der Waals surface area contributed by atoms with Gasteiger partial charge in [0.25, 0.3) is 5.91 Å². The van der Waals surface area contributed by atoms with Crippen molar-refractivity contribution < 1.29 is 4.79 Å². The van der Waals surface area contributed by atoms with E-state index in [9.17, 15) is 4.79 Å². The fraction of sp³-hybridized carbons (Fsp3) is 0.222. The summed E-state index contributed by atoms with van der Waals surface area (Å²) >= 11 is 0. The van der Waals surface area contributed by atoms with Gasteiger partial charge in [-0.15, -0.1) is 0 Å². The molecule has 3 rings (SSSR count). The first-order chi connectivity index (χ1) is 10.7. The Balaban J connectivity index is 1.92. The lowest BCUT2D eigenvalue weighted by atomic mass is 10.1. The molecule has 1 amide bonds. The van der Waals surface area contributed by atoms with Gasteiger partial charge in [-0.3, -0.25) is 9.78 Å². The van der Waals surface area contributed by atoms with Crippen LogP contribution in [-0.2, 0) is 13.1 Å². The van der Waals surface area contributed by atoms with Crippen molar-refractivity contribution in [3.63, 3.8) is 0 Å². The first kappa shape index (κ1) is 14.3. The molecule has 112 valence electrons. The molecule has 3 aromatic rings. The van der Waals surface area contributed by atoms with E-state index in [1.807, 2.05) is 31.2 Å². The van der Waals surface area contributed by atoms with Crippen LogP contribution in [0.25, 0.3) is 10.9 Å². The molecule has 0 aliphatic heterocycles. The van der Waals surface area contributed by atoms with E-state index in [-0.39, 0.29) is 5.91 Å². The Morgan fingerprint density at radius 2 is 2.05 bits per heavy atom. The third-order valence-electron chi connectivity index (χ3n) is 3.93. The Morgan fingerprint density at radius 1 is 1.23 bits per heavy atom. The number of aromatic nitrogens is 2. The van der Waals surface area contributed by atoms with Crippen LogP contribution in [0.15, 0.2) is 48.8 Å². The van der Waals surface area contributed by atoms with Gasteiger partial charge in [-0.1, -0.05) is 24.3 Å². The van der Waals surface area contributed by atoms with Gasteiger partial charge in [0, 0.05) is 36.4 Å². The number of hydrogen-bond donors (Lipinski definition) is 1. The second-order valence-electron chi connectivity index (χ2n) is 5.28. The van der Waals surface area contributed by atoms with Crippen molar-refractivity contribution in [3.05, 3.63) is 65.6 Å². The Bertz CT molecular complexity index is 806. The number of carbonyl (C=O) groups is 1. The third-order valence-corrected chi connectivity index (χ3v) is 3.93. The van der Waals surface area contributed by atoms with E-state index in [2.05, 4.69) is 33.9 Å². The van der Waals surface area contributed by atoms with Crippen LogP contribution < -0.4 is 5.32 Å². The SMILES string of the molecule is CCn1c(C(=O)NCc2cccnc2)c(C)c2ccccc21. The number of carbonyl (C=O) groups excluding carboxylic acids is 1. The van der Waals surface area contributed by atoms with Crippen molar-refractivity contribution in [2.24, 2.45) is 0 Å². The minimum absolute atomic E-state index is 0.0422. The molecule has 22 heavy (non-hydrogen) atoms. The fourth-order valence-corrected chi connectivity index (χ4v) is 2.87. The first-order valence-electron chi connectivity index (χ1n) is 7.47. The van der Waals surface area contributed by atoms with Crippen molar-refractivity contribution >= 4 is 16.8 Å². The van der Waals surface area contributed by atoms with E-state index in [1.165, 1.54) is 0 Å². The summed E-state index contributed by atoms with van der Waals surface area (Å²) in [5, 5.41) is 4.13. The molecule has 4 heteroatoms. The number of aryl methyl sites for hydroxylation is 2. The van der Waals surface area contributed by atoms with Crippen molar-refractivity contribution in [2.75, 3.05) is 0 Å². The summed E-state index contributed by atoms with van der Waals surface area (Å²) < 4.78 is 2.07. The highest BCUT2D eigenvalue weighted by molar-refractivity contribution is 6.01. The molecule has 0 aliphatic rings. The minimum Gasteiger partial charge on any atom is -0.347 e. The summed E-state index contributed by atoms with van der Waals surface area (Å²) in [6, 6.07) is 12.0. The van der Waals surface area contributed by atoms with Crippen LogP contribution in [0.4, 0.5) is 0 Å². The van der Waals surface area contributed by atoms with Gasteiger partial charge in [0.05, 0.1) is 0 Å². The van der Waals surface area contributed by atoms with Gasteiger partial charge >= 0.3 is 0 Å². The number of nitrogens with zero attached hydrogens (tertiary/aromatic N) is 2. The molecule has 0 saturated carbocycles. The van der Waals surface area contributed by atoms with Crippen molar-refractivity contribution in [2.45, 2.75) is 26.9 Å². The van der Waals surface area contributed by atoms with Gasteiger partial charge < -0.3 is 9.88 Å². The van der Waals surface area contributed by atoms with Crippen LogP contribution in [0.1, 0.15) is 28.5 Å². The van der Waals surface area contributed by atoms with Crippen LogP contribution in [0, 0.1) is 6.92 Å². The average molecular weight is 293 g/mol. The smallest absolute Gasteiger partial charge is 0.268 e. The van der Waals surface area contributed by atoms with E-state index in [4.69, 9.17) is 0 Å². The zero-order valence-corrected chi connectivity index (χ0v) is 12.8. The molecular weight excluding hydrogens is 274 g/mol. The molecule has 0 saturated heterocycles. The summed E-state index contributed by atoms with van der Waals surface area (Å²) in [5.74, 6) is -0.0422. The second kappa shape index (κ2) is 6.02. The number of fused-ring (bicyclic) bond motifs is 1. The maximum Gasteiger partial charge on any atom is 0.268 e. The van der Waals surface area contributed by atoms with Crippen LogP contribution in [0.2, 0.25) is 0 Å². The number of para-hydroxylation sites is 1. The molecule has 4 nitrogen and oxygen atoms in total. The molecule has 1 aromatic carbocycles. The topological polar surface area (TPSA) is 46.9 Å². The average Bonchev–Trinajstić information content (AvgIpc) is 2.86. The molecule has 0 unspecified atom stereocenters. The van der Waals surface area contributed by atoms with E-state index >= 15 is 0 Å². The number of benzene rings is 1. The highest BCUT2D eigenvalue weighted by Crippen LogP contribution is 2.25. The number of nitrogens with one attached hydrogen (secondary N) is 1. The summed E-state index contributed by atoms with van der Waals surface area (Å²) in [6.07, 6.45) is 3.49. The monoisotopic (exact) mass is 293 g/mol. The van der Waals surface area contributed by atoms with E-state index < -0.39 is 0 Å². The van der Waals surface area contributed by atoms with Crippen LogP contribution in [0.5, 0.6) is 0 Å². The predicted octanol–water partition coefficient (Wildman–Crippen LogP) is 3.29. The first-order valence-corrected chi connectivity index (χ1v) is 7.47. The third kappa shape index (κ3) is 2.48. The van der Waals surface area contributed by atoms with E-state index in [1.54, 1.807) is 12.4 Å². The molecule has 0 bridgehead atoms. The van der Waals surface area contributed by atoms with E-state index in [0.29, 0.717) is 6.54 Å². The van der Waals surface area contributed by atoms with Gasteiger partial charge in [-0.2, -0.15) is 0 Å². The van der Waals surface area contributed by atoms with Gasteiger partial charge in [0.15, 0.2) is 0 Å². The maximum absolute atomic E-state index is 12.6. The number of amides is 1. The van der Waals surface area contributed by atoms with Crippen LogP contribution in [-0.4, -0.2) is 15.5 Å². The number of rotatable bonds is 4. The summed E-state index contributed by atoms with van der Waals surface area (Å²) in [4.78, 5) is 16.7. The molecule has 2 heterocycles. The molecule has 0 spiro atoms. The fourth-order valence-electron chi connectivity index (χ4n) is 2.87. The normalized spacial score (nSPS) is 10.8. The summed E-state index contributed by atoms with van der Waals surface area (Å²) in [5.41, 5.74) is 3.87. The highest BCUT2D eigenvalue weighted by Gasteiger charge is 2.18. The van der Waals surface area contributed by atoms with Crippen LogP contribution in [0.3, 0.4) is 0 Å². The summed E-state index contributed by atoms with van der Waals surface area (Å²) in [7, 11) is 0. The Morgan fingerprint density at radius 3 is 2.77 bits per heavy atom. The van der Waals surface area contributed by atoms with Crippen molar-refractivity contribution in [1.82, 2.24) is 14.9 Å². The molecule has 0 aliphatic carbocycles. The lowest BCUT2D eigenvalue weighted by Crippen LogP contribution is -2.26. The van der Waals surface area contributed by atoms with Gasteiger partial charge in [-0.05, 0) is 37.1 Å². The maximum atomic E-state index is 12.6. The number of hydrogen-bond acceptors (Lipinski definition) is 2. The van der Waals surface area contributed by atoms with Gasteiger partial charge in [0.2, 0.25) is 0 Å². The zero-order chi connectivity index (χ0) is 15.5. The molecule has 0 radical (unpaired) electrons. The quantitative estimate of drug-likeness (QED) is 0.802. The van der Waals surface area contributed by atoms with Gasteiger partial charge in [-0.25, -0.2) is 0 Å². The molecule has 0 fully saturated rings. The Labute approximate surface area is 129 Å². The highest BCUT2D eigenvalue weighted by atomic mass is 16.1. The van der Waals surface area contributed by atoms with Crippen LogP contribution >= 0.6 is 0 Å². The molecular formula is C18H19N3O. The van der Waals surface area contributed by atoms with Gasteiger partial charge in [0.1, 0.15) is 5.69 Å². The van der Waals surface area contributed by atoms with Crippen molar-refractivity contribution in [3.8, 4) is 0 Å². The Kier molecular flexibility index (Phi) is 3.92. The standard InChI is InChI=1S/C18H19N3O/c1-3-21-16-9-5-4-8-15(16)13(2)17(21)18(22)20-12-14-7-6-10-19-11-14/h4-11H,3,12H2,1-2H3,(H,20,22). The van der Waals surface area contributed by atoms with E-state index in [0.717, 1.165) is 34.3 Å². The number of pyridine rings is 1. The molecule has 2 aromatic heterocycles. The predicted molar refractivity (Wildman–Crippen MR) is 87.8 cm³/mol. The largest absolute Gasteiger partial charge is 0.347 e.